The summed E-state index contributed by atoms with van der Waals surface area (Å²) in [6.45, 7) is 7.18. The molecule has 1 aromatic rings. The van der Waals surface area contributed by atoms with Crippen LogP contribution < -0.4 is 0 Å². The molecule has 1 aromatic heterocycles. The second-order valence-corrected chi connectivity index (χ2v) is 6.33. The first-order valence-corrected chi connectivity index (χ1v) is 6.72. The average Bonchev–Trinajstić information content (AvgIpc) is 2.80. The van der Waals surface area contributed by atoms with Crippen LogP contribution in [-0.2, 0) is 12.8 Å². The summed E-state index contributed by atoms with van der Waals surface area (Å²) in [4.78, 5) is 8.66. The molecule has 0 radical (unpaired) electrons. The molecule has 1 aliphatic carbocycles. The zero-order valence-electron chi connectivity index (χ0n) is 9.49. The highest BCUT2D eigenvalue weighted by atomic mass is 32.1. The van der Waals surface area contributed by atoms with Crippen molar-refractivity contribution in [2.24, 2.45) is 5.41 Å². The van der Waals surface area contributed by atoms with Crippen molar-refractivity contribution in [3.63, 3.8) is 0 Å². The lowest BCUT2D eigenvalue weighted by atomic mass is 9.85. The Kier molecular flexibility index (Phi) is 2.15. The third-order valence-electron chi connectivity index (χ3n) is 4.00. The van der Waals surface area contributed by atoms with E-state index in [1.54, 1.807) is 4.88 Å². The van der Waals surface area contributed by atoms with Crippen LogP contribution in [0.15, 0.2) is 5.51 Å². The molecule has 15 heavy (non-hydrogen) atoms. The smallest absolute Gasteiger partial charge is 0.0797 e. The van der Waals surface area contributed by atoms with Gasteiger partial charge in [-0.25, -0.2) is 4.98 Å². The fraction of sp³-hybridized carbons (Fsp3) is 0.750. The summed E-state index contributed by atoms with van der Waals surface area (Å²) < 4.78 is 0. The Balaban J connectivity index is 1.78. The molecule has 2 aliphatic rings. The second-order valence-electron chi connectivity index (χ2n) is 5.39. The third kappa shape index (κ3) is 1.53. The molecule has 3 rings (SSSR count). The summed E-state index contributed by atoms with van der Waals surface area (Å²) in [5.41, 5.74) is 3.96. The minimum Gasteiger partial charge on any atom is -0.300 e. The van der Waals surface area contributed by atoms with E-state index in [9.17, 15) is 0 Å². The van der Waals surface area contributed by atoms with Crippen molar-refractivity contribution < 1.29 is 0 Å². The van der Waals surface area contributed by atoms with Crippen LogP contribution in [0.3, 0.4) is 0 Å². The van der Waals surface area contributed by atoms with Gasteiger partial charge in [-0.1, -0.05) is 0 Å². The number of hydrogen-bond donors (Lipinski definition) is 0. The zero-order valence-corrected chi connectivity index (χ0v) is 10.3. The molecular formula is C12H18N2S. The van der Waals surface area contributed by atoms with Gasteiger partial charge in [-0.05, 0) is 45.1 Å². The van der Waals surface area contributed by atoms with Crippen LogP contribution in [0.5, 0.6) is 0 Å². The lowest BCUT2D eigenvalue weighted by Crippen LogP contribution is -2.32. The maximum atomic E-state index is 4.49. The van der Waals surface area contributed by atoms with Gasteiger partial charge >= 0.3 is 0 Å². The summed E-state index contributed by atoms with van der Waals surface area (Å²) >= 11 is 1.85. The Morgan fingerprint density at radius 3 is 3.00 bits per heavy atom. The van der Waals surface area contributed by atoms with E-state index >= 15 is 0 Å². The topological polar surface area (TPSA) is 16.1 Å². The van der Waals surface area contributed by atoms with Crippen LogP contribution in [0.4, 0.5) is 0 Å². The molecule has 1 unspecified atom stereocenters. The molecule has 82 valence electrons. The molecule has 2 nitrogen and oxygen atoms in total. The van der Waals surface area contributed by atoms with Gasteiger partial charge in [-0.3, -0.25) is 0 Å². The van der Waals surface area contributed by atoms with Gasteiger partial charge < -0.3 is 4.90 Å². The van der Waals surface area contributed by atoms with E-state index in [2.05, 4.69) is 23.7 Å². The van der Waals surface area contributed by atoms with Crippen LogP contribution in [0.1, 0.15) is 30.8 Å². The number of hydrogen-bond acceptors (Lipinski definition) is 3. The van der Waals surface area contributed by atoms with Crippen LogP contribution in [-0.4, -0.2) is 29.0 Å². The van der Waals surface area contributed by atoms with Crippen LogP contribution in [0.25, 0.3) is 0 Å². The van der Waals surface area contributed by atoms with Crippen molar-refractivity contribution in [2.45, 2.75) is 39.2 Å². The average molecular weight is 222 g/mol. The SMILES string of the molecule is CC(C)N1CCC2(Cc3ncsc3C2)C1. The van der Waals surface area contributed by atoms with Crippen molar-refractivity contribution >= 4 is 11.3 Å². The lowest BCUT2D eigenvalue weighted by Gasteiger charge is -2.25. The van der Waals surface area contributed by atoms with Crippen molar-refractivity contribution in [1.82, 2.24) is 9.88 Å². The minimum absolute atomic E-state index is 0.555. The zero-order chi connectivity index (χ0) is 10.5. The summed E-state index contributed by atoms with van der Waals surface area (Å²) in [7, 11) is 0. The first-order chi connectivity index (χ1) is 7.19. The molecule has 0 N–H and O–H groups in total. The molecular weight excluding hydrogens is 204 g/mol. The van der Waals surface area contributed by atoms with E-state index < -0.39 is 0 Å². The van der Waals surface area contributed by atoms with E-state index in [4.69, 9.17) is 0 Å². The number of likely N-dealkylation sites (tertiary alicyclic amines) is 1. The largest absolute Gasteiger partial charge is 0.300 e. The number of aromatic nitrogens is 1. The normalized spacial score (nSPS) is 30.6. The van der Waals surface area contributed by atoms with Crippen molar-refractivity contribution in [2.75, 3.05) is 13.1 Å². The highest BCUT2D eigenvalue weighted by Gasteiger charge is 2.44. The number of fused-ring (bicyclic) bond motifs is 1. The quantitative estimate of drug-likeness (QED) is 0.725. The molecule has 0 aromatic carbocycles. The van der Waals surface area contributed by atoms with Crippen molar-refractivity contribution in [1.29, 1.82) is 0 Å². The van der Waals surface area contributed by atoms with E-state index in [-0.39, 0.29) is 0 Å². The molecule has 3 heteroatoms. The molecule has 1 spiro atoms. The van der Waals surface area contributed by atoms with Crippen LogP contribution >= 0.6 is 11.3 Å². The van der Waals surface area contributed by atoms with Crippen LogP contribution in [0.2, 0.25) is 0 Å². The Morgan fingerprint density at radius 1 is 1.47 bits per heavy atom. The molecule has 1 atom stereocenters. The number of nitrogens with zero attached hydrogens (tertiary/aromatic N) is 2. The van der Waals surface area contributed by atoms with Gasteiger partial charge in [0.2, 0.25) is 0 Å². The third-order valence-corrected chi connectivity index (χ3v) is 4.88. The first kappa shape index (κ1) is 9.79. The van der Waals surface area contributed by atoms with Gasteiger partial charge in [0.05, 0.1) is 11.2 Å². The predicted molar refractivity (Wildman–Crippen MR) is 63.3 cm³/mol. The molecule has 1 saturated heterocycles. The van der Waals surface area contributed by atoms with Gasteiger partial charge in [0.1, 0.15) is 0 Å². The summed E-state index contributed by atoms with van der Waals surface area (Å²) in [6.07, 6.45) is 3.89. The summed E-state index contributed by atoms with van der Waals surface area (Å²) in [5.74, 6) is 0. The molecule has 2 heterocycles. The number of thiazole rings is 1. The summed E-state index contributed by atoms with van der Waals surface area (Å²) in [6, 6.07) is 0.705. The van der Waals surface area contributed by atoms with Gasteiger partial charge in [0.15, 0.2) is 0 Å². The molecule has 0 amide bonds. The standard InChI is InChI=1S/C12H18N2S/c1-9(2)14-4-3-12(7-14)5-10-11(6-12)15-8-13-10/h8-9H,3-7H2,1-2H3. The Morgan fingerprint density at radius 2 is 2.33 bits per heavy atom. The molecule has 1 aliphatic heterocycles. The highest BCUT2D eigenvalue weighted by molar-refractivity contribution is 7.09. The summed E-state index contributed by atoms with van der Waals surface area (Å²) in [5, 5.41) is 0. The van der Waals surface area contributed by atoms with Gasteiger partial charge in [-0.2, -0.15) is 0 Å². The Hall–Kier alpha value is -0.410. The van der Waals surface area contributed by atoms with Crippen molar-refractivity contribution in [3.05, 3.63) is 16.1 Å². The maximum absolute atomic E-state index is 4.49. The lowest BCUT2D eigenvalue weighted by molar-refractivity contribution is 0.227. The number of rotatable bonds is 1. The second kappa shape index (κ2) is 3.29. The van der Waals surface area contributed by atoms with E-state index in [1.807, 2.05) is 16.8 Å². The van der Waals surface area contributed by atoms with Crippen LogP contribution in [0, 0.1) is 5.41 Å². The Bertz CT molecular complexity index is 349. The monoisotopic (exact) mass is 222 g/mol. The van der Waals surface area contributed by atoms with Gasteiger partial charge in [0, 0.05) is 17.5 Å². The van der Waals surface area contributed by atoms with Gasteiger partial charge in [0.25, 0.3) is 0 Å². The fourth-order valence-corrected chi connectivity index (χ4v) is 4.00. The van der Waals surface area contributed by atoms with E-state index in [1.165, 1.54) is 38.0 Å². The molecule has 1 fully saturated rings. The van der Waals surface area contributed by atoms with E-state index in [0.29, 0.717) is 11.5 Å². The predicted octanol–water partition coefficient (Wildman–Crippen LogP) is 2.34. The van der Waals surface area contributed by atoms with E-state index in [0.717, 1.165) is 0 Å². The molecule has 0 bridgehead atoms. The highest BCUT2D eigenvalue weighted by Crippen LogP contribution is 2.44. The fourth-order valence-electron chi connectivity index (χ4n) is 3.04. The maximum Gasteiger partial charge on any atom is 0.0797 e. The van der Waals surface area contributed by atoms with Crippen molar-refractivity contribution in [3.8, 4) is 0 Å². The Labute approximate surface area is 95.3 Å². The van der Waals surface area contributed by atoms with Gasteiger partial charge in [-0.15, -0.1) is 11.3 Å². The molecule has 0 saturated carbocycles. The first-order valence-electron chi connectivity index (χ1n) is 5.84. The minimum atomic E-state index is 0.555.